The van der Waals surface area contributed by atoms with E-state index in [0.29, 0.717) is 36.0 Å². The number of carbonyl (C=O) groups excluding carboxylic acids is 2. The fraction of sp³-hybridized carbons (Fsp3) is 0.500. The second kappa shape index (κ2) is 8.06. The SMILES string of the molecule is CCOC(=O)NC1CCCN(C(=O)c2ccc(Cl)cc2OC)C1. The maximum Gasteiger partial charge on any atom is 0.407 e. The number of likely N-dealkylation sites (tertiary alicyclic amines) is 1. The third-order valence-electron chi connectivity index (χ3n) is 3.70. The molecule has 0 aliphatic carbocycles. The molecule has 1 aromatic rings. The van der Waals surface area contributed by atoms with Gasteiger partial charge in [0, 0.05) is 24.2 Å². The van der Waals surface area contributed by atoms with Crippen LogP contribution in [0.2, 0.25) is 5.02 Å². The summed E-state index contributed by atoms with van der Waals surface area (Å²) in [7, 11) is 1.50. The van der Waals surface area contributed by atoms with E-state index in [0.717, 1.165) is 12.8 Å². The molecule has 1 atom stereocenters. The van der Waals surface area contributed by atoms with Crippen molar-refractivity contribution in [1.29, 1.82) is 0 Å². The summed E-state index contributed by atoms with van der Waals surface area (Å²) < 4.78 is 10.1. The van der Waals surface area contributed by atoms with Gasteiger partial charge in [0.25, 0.3) is 5.91 Å². The molecule has 1 aliphatic heterocycles. The minimum atomic E-state index is -0.448. The van der Waals surface area contributed by atoms with Gasteiger partial charge >= 0.3 is 6.09 Å². The van der Waals surface area contributed by atoms with Crippen molar-refractivity contribution in [3.63, 3.8) is 0 Å². The molecule has 1 fully saturated rings. The number of ether oxygens (including phenoxy) is 2. The molecular weight excluding hydrogens is 320 g/mol. The van der Waals surface area contributed by atoms with Gasteiger partial charge in [-0.05, 0) is 38.0 Å². The molecule has 1 N–H and O–H groups in total. The van der Waals surface area contributed by atoms with Crippen LogP contribution in [0.4, 0.5) is 4.79 Å². The number of carbonyl (C=O) groups is 2. The Labute approximate surface area is 140 Å². The third-order valence-corrected chi connectivity index (χ3v) is 3.94. The van der Waals surface area contributed by atoms with Gasteiger partial charge in [0.2, 0.25) is 0 Å². The van der Waals surface area contributed by atoms with Crippen LogP contribution in [0.25, 0.3) is 0 Å². The largest absolute Gasteiger partial charge is 0.496 e. The Morgan fingerprint density at radius 3 is 2.91 bits per heavy atom. The number of nitrogens with zero attached hydrogens (tertiary/aromatic N) is 1. The molecule has 23 heavy (non-hydrogen) atoms. The quantitative estimate of drug-likeness (QED) is 0.915. The van der Waals surface area contributed by atoms with Crippen molar-refractivity contribution in [2.24, 2.45) is 0 Å². The molecule has 1 aliphatic rings. The Kier molecular flexibility index (Phi) is 6.10. The number of hydrogen-bond donors (Lipinski definition) is 1. The summed E-state index contributed by atoms with van der Waals surface area (Å²) >= 11 is 5.93. The summed E-state index contributed by atoms with van der Waals surface area (Å²) in [6, 6.07) is 4.83. The van der Waals surface area contributed by atoms with Crippen molar-refractivity contribution >= 4 is 23.6 Å². The summed E-state index contributed by atoms with van der Waals surface area (Å²) in [4.78, 5) is 25.9. The van der Waals surface area contributed by atoms with Gasteiger partial charge in [-0.15, -0.1) is 0 Å². The molecule has 0 saturated carbocycles. The molecule has 7 heteroatoms. The van der Waals surface area contributed by atoms with Gasteiger partial charge in [-0.25, -0.2) is 4.79 Å². The summed E-state index contributed by atoms with van der Waals surface area (Å²) in [5, 5.41) is 3.30. The summed E-state index contributed by atoms with van der Waals surface area (Å²) in [5.74, 6) is 0.317. The van der Waals surface area contributed by atoms with Crippen molar-refractivity contribution in [3.8, 4) is 5.75 Å². The number of rotatable bonds is 4. The lowest BCUT2D eigenvalue weighted by molar-refractivity contribution is 0.0683. The molecule has 2 rings (SSSR count). The van der Waals surface area contributed by atoms with E-state index < -0.39 is 6.09 Å². The Morgan fingerprint density at radius 2 is 2.22 bits per heavy atom. The highest BCUT2D eigenvalue weighted by molar-refractivity contribution is 6.30. The van der Waals surface area contributed by atoms with Crippen LogP contribution in [0.15, 0.2) is 18.2 Å². The first-order valence-electron chi connectivity index (χ1n) is 7.61. The number of benzene rings is 1. The lowest BCUT2D eigenvalue weighted by Gasteiger charge is -2.33. The standard InChI is InChI=1S/C16H21ClN2O4/c1-3-23-16(21)18-12-5-4-8-19(10-12)15(20)13-7-6-11(17)9-14(13)22-2/h6-7,9,12H,3-5,8,10H2,1-2H3,(H,18,21). The molecule has 0 aromatic heterocycles. The van der Waals surface area contributed by atoms with E-state index in [2.05, 4.69) is 5.32 Å². The zero-order valence-corrected chi connectivity index (χ0v) is 14.1. The highest BCUT2D eigenvalue weighted by Crippen LogP contribution is 2.25. The molecule has 0 bridgehead atoms. The maximum absolute atomic E-state index is 12.7. The number of amides is 2. The maximum atomic E-state index is 12.7. The Balaban J connectivity index is 2.06. The average Bonchev–Trinajstić information content (AvgIpc) is 2.54. The van der Waals surface area contributed by atoms with Gasteiger partial charge in [0.1, 0.15) is 5.75 Å². The van der Waals surface area contributed by atoms with Gasteiger partial charge in [-0.2, -0.15) is 0 Å². The van der Waals surface area contributed by atoms with E-state index in [4.69, 9.17) is 21.1 Å². The van der Waals surface area contributed by atoms with E-state index in [-0.39, 0.29) is 11.9 Å². The van der Waals surface area contributed by atoms with Crippen molar-refractivity contribution in [3.05, 3.63) is 28.8 Å². The molecule has 1 unspecified atom stereocenters. The summed E-state index contributed by atoms with van der Waals surface area (Å²) in [6.07, 6.45) is 1.19. The highest BCUT2D eigenvalue weighted by Gasteiger charge is 2.27. The van der Waals surface area contributed by atoms with Crippen LogP contribution in [0.5, 0.6) is 5.75 Å². The lowest BCUT2D eigenvalue weighted by Crippen LogP contribution is -2.49. The predicted octanol–water partition coefficient (Wildman–Crippen LogP) is 2.70. The van der Waals surface area contributed by atoms with Crippen LogP contribution in [0.3, 0.4) is 0 Å². The first-order chi connectivity index (χ1) is 11.0. The second-order valence-electron chi connectivity index (χ2n) is 5.30. The van der Waals surface area contributed by atoms with Gasteiger partial charge in [-0.1, -0.05) is 11.6 Å². The second-order valence-corrected chi connectivity index (χ2v) is 5.74. The smallest absolute Gasteiger partial charge is 0.407 e. The van der Waals surface area contributed by atoms with E-state index in [9.17, 15) is 9.59 Å². The molecule has 1 aromatic carbocycles. The molecule has 1 heterocycles. The van der Waals surface area contributed by atoms with Crippen molar-refractivity contribution in [2.75, 3.05) is 26.8 Å². The molecule has 126 valence electrons. The Hall–Kier alpha value is -1.95. The fourth-order valence-electron chi connectivity index (χ4n) is 2.63. The number of methoxy groups -OCH3 is 1. The fourth-order valence-corrected chi connectivity index (χ4v) is 2.79. The number of nitrogens with one attached hydrogen (secondary N) is 1. The number of hydrogen-bond acceptors (Lipinski definition) is 4. The first kappa shape index (κ1) is 17.4. The van der Waals surface area contributed by atoms with Crippen LogP contribution in [0.1, 0.15) is 30.1 Å². The molecule has 1 saturated heterocycles. The topological polar surface area (TPSA) is 67.9 Å². The van der Waals surface area contributed by atoms with Gasteiger partial charge in [0.05, 0.1) is 19.3 Å². The monoisotopic (exact) mass is 340 g/mol. The van der Waals surface area contributed by atoms with E-state index in [1.54, 1.807) is 30.0 Å². The van der Waals surface area contributed by atoms with Gasteiger partial charge in [-0.3, -0.25) is 4.79 Å². The van der Waals surface area contributed by atoms with Crippen molar-refractivity contribution < 1.29 is 19.1 Å². The summed E-state index contributed by atoms with van der Waals surface area (Å²) in [6.45, 7) is 3.17. The van der Waals surface area contributed by atoms with E-state index >= 15 is 0 Å². The number of halogens is 1. The average molecular weight is 341 g/mol. The molecule has 2 amide bonds. The van der Waals surface area contributed by atoms with Gasteiger partial charge in [0.15, 0.2) is 0 Å². The normalized spacial score (nSPS) is 17.5. The van der Waals surface area contributed by atoms with Crippen molar-refractivity contribution in [1.82, 2.24) is 10.2 Å². The zero-order chi connectivity index (χ0) is 16.8. The predicted molar refractivity (Wildman–Crippen MR) is 87.1 cm³/mol. The minimum Gasteiger partial charge on any atom is -0.496 e. The van der Waals surface area contributed by atoms with Crippen LogP contribution in [-0.2, 0) is 4.74 Å². The van der Waals surface area contributed by atoms with Crippen LogP contribution >= 0.6 is 11.6 Å². The van der Waals surface area contributed by atoms with Crippen LogP contribution in [-0.4, -0.2) is 49.7 Å². The highest BCUT2D eigenvalue weighted by atomic mass is 35.5. The Morgan fingerprint density at radius 1 is 1.43 bits per heavy atom. The van der Waals surface area contributed by atoms with Crippen LogP contribution in [0, 0.1) is 0 Å². The third kappa shape index (κ3) is 4.51. The summed E-state index contributed by atoms with van der Waals surface area (Å²) in [5.41, 5.74) is 0.466. The minimum absolute atomic E-state index is 0.106. The molecule has 0 spiro atoms. The van der Waals surface area contributed by atoms with E-state index in [1.807, 2.05) is 0 Å². The zero-order valence-electron chi connectivity index (χ0n) is 13.3. The van der Waals surface area contributed by atoms with Crippen molar-refractivity contribution in [2.45, 2.75) is 25.8 Å². The molecular formula is C16H21ClN2O4. The van der Waals surface area contributed by atoms with Crippen LogP contribution < -0.4 is 10.1 Å². The molecule has 6 nitrogen and oxygen atoms in total. The molecule has 0 radical (unpaired) electrons. The number of alkyl carbamates (subject to hydrolysis) is 1. The first-order valence-corrected chi connectivity index (χ1v) is 7.99. The lowest BCUT2D eigenvalue weighted by atomic mass is 10.0. The van der Waals surface area contributed by atoms with E-state index in [1.165, 1.54) is 7.11 Å². The Bertz CT molecular complexity index is 579. The van der Waals surface area contributed by atoms with Gasteiger partial charge < -0.3 is 19.7 Å². The number of piperidine rings is 1.